The molecular weight excluding hydrogens is 1030 g/mol. The Morgan fingerprint density at radius 2 is 0.931 bits per heavy atom. The second-order valence-electron chi connectivity index (χ2n) is 17.5. The largest absolute Gasteiger partial charge is 0.508 e. The van der Waals surface area contributed by atoms with Crippen LogP contribution in [-0.2, 0) is 76.9 Å². The van der Waals surface area contributed by atoms with Crippen LogP contribution in [0.15, 0.2) is 48.5 Å². The average molecular weight is 1100 g/mol. The van der Waals surface area contributed by atoms with Crippen LogP contribution in [0.4, 0.5) is 0 Å². The molecule has 5 amide bonds. The van der Waals surface area contributed by atoms with Crippen LogP contribution in [0, 0.1) is 0 Å². The van der Waals surface area contributed by atoms with Crippen LogP contribution in [0.1, 0.15) is 44.2 Å². The number of nitrogens with one attached hydrogen (secondary N) is 4. The van der Waals surface area contributed by atoms with E-state index in [1.54, 1.807) is 12.1 Å². The molecule has 2 rings (SSSR count). The van der Waals surface area contributed by atoms with Crippen LogP contribution in [0.25, 0.3) is 0 Å². The molecule has 0 aliphatic heterocycles. The maximum absolute atomic E-state index is 13.9. The van der Waals surface area contributed by atoms with Crippen LogP contribution < -0.4 is 38.5 Å². The van der Waals surface area contributed by atoms with Gasteiger partial charge < -0.3 is 48.7 Å². The molecule has 0 heterocycles. The van der Waals surface area contributed by atoms with Gasteiger partial charge in [0.1, 0.15) is 11.5 Å². The third-order valence-corrected chi connectivity index (χ3v) is 16.1. The highest BCUT2D eigenvalue weighted by Crippen LogP contribution is 2.16. The Hall–Kier alpha value is -5.05. The van der Waals surface area contributed by atoms with E-state index in [2.05, 4.69) is 21.3 Å². The van der Waals surface area contributed by atoms with Gasteiger partial charge in [-0.05, 0) is 74.5 Å². The van der Waals surface area contributed by atoms with Gasteiger partial charge in [-0.1, -0.05) is 30.7 Å². The lowest BCUT2D eigenvalue weighted by atomic mass is 10.1. The highest BCUT2D eigenvalue weighted by atomic mass is 32.2. The van der Waals surface area contributed by atoms with Gasteiger partial charge in [0.05, 0.1) is 50.7 Å². The van der Waals surface area contributed by atoms with E-state index >= 15 is 0 Å². The highest BCUT2D eigenvalue weighted by Gasteiger charge is 2.32. The number of carbonyl (C=O) groups is 5. The lowest BCUT2D eigenvalue weighted by molar-refractivity contribution is -0.123. The standard InChI is InChI=1S/C42H71N11O15S4/c1-30(22-50(26-39(45)57)69(3,61)62)46-40(58)27-52(71(5,65)66)24-36(21-33-11-15-38(56)16-12-33)49-41(59)28-51(70(4,63)64)23-34(8-6-7-17-43)48-42(60)29-53(72(67,68)19-18-44)25-35(47-31(2)54)20-32-9-13-37(55)14-10-32/h9-16,30,34-36,55-56H,6-8,17-29,43-44H2,1-5H3,(H2,45,57)(H,46,58)(H,47,54)(H,48,60)(H,49,59)/t30-,34-,35-,36-/m0/s1. The highest BCUT2D eigenvalue weighted by molar-refractivity contribution is 7.89. The third-order valence-electron chi connectivity index (χ3n) is 10.6. The van der Waals surface area contributed by atoms with E-state index in [4.69, 9.17) is 17.2 Å². The first-order valence-electron chi connectivity index (χ1n) is 22.5. The molecule has 0 aromatic heterocycles. The molecule has 2 aromatic rings. The third kappa shape index (κ3) is 24.6. The number of amides is 5. The van der Waals surface area contributed by atoms with Gasteiger partial charge in [-0.3, -0.25) is 24.0 Å². The fourth-order valence-electron chi connectivity index (χ4n) is 7.30. The predicted molar refractivity (Wildman–Crippen MR) is 268 cm³/mol. The van der Waals surface area contributed by atoms with Gasteiger partial charge in [0, 0.05) is 63.8 Å². The molecule has 0 aliphatic rings. The van der Waals surface area contributed by atoms with Gasteiger partial charge in [-0.25, -0.2) is 33.7 Å². The first kappa shape index (κ1) is 63.1. The number of phenolic OH excluding ortho intramolecular Hbond substituents is 2. The van der Waals surface area contributed by atoms with Crippen LogP contribution in [0.3, 0.4) is 0 Å². The fourth-order valence-corrected chi connectivity index (χ4v) is 11.0. The van der Waals surface area contributed by atoms with Gasteiger partial charge in [-0.15, -0.1) is 0 Å². The SMILES string of the molecule is CC(=O)N[C@@H](Cc1ccc(O)cc1)CN(CC(=O)N[C@@H](CCCCN)CN(CC(=O)N[C@@H](Cc1ccc(O)cc1)CN(CC(=O)N[C@@H](C)CN(CC(N)=O)S(C)(=O)=O)S(C)(=O)=O)S(C)(=O)=O)S(=O)(=O)CCN. The number of hydrogen-bond donors (Lipinski definition) is 9. The minimum Gasteiger partial charge on any atom is -0.508 e. The Balaban J connectivity index is 2.42. The molecule has 26 nitrogen and oxygen atoms in total. The van der Waals surface area contributed by atoms with Crippen molar-refractivity contribution in [3.63, 3.8) is 0 Å². The monoisotopic (exact) mass is 1100 g/mol. The first-order valence-corrected chi connectivity index (χ1v) is 29.7. The Bertz CT molecular complexity index is 2570. The number of hydrogen-bond acceptors (Lipinski definition) is 17. The number of primary amides is 1. The Labute approximate surface area is 422 Å². The van der Waals surface area contributed by atoms with Crippen molar-refractivity contribution in [2.45, 2.75) is 70.1 Å². The van der Waals surface area contributed by atoms with E-state index < -0.39 is 145 Å². The summed E-state index contributed by atoms with van der Waals surface area (Å²) in [6.07, 6.45) is 3.38. The molecule has 30 heteroatoms. The molecule has 0 bridgehead atoms. The zero-order valence-electron chi connectivity index (χ0n) is 41.1. The van der Waals surface area contributed by atoms with Gasteiger partial charge in [-0.2, -0.15) is 17.2 Å². The van der Waals surface area contributed by atoms with E-state index in [0.29, 0.717) is 24.0 Å². The molecule has 408 valence electrons. The number of phenols is 2. The summed E-state index contributed by atoms with van der Waals surface area (Å²) in [7, 11) is -16.7. The summed E-state index contributed by atoms with van der Waals surface area (Å²) in [5.41, 5.74) is 17.6. The van der Waals surface area contributed by atoms with Crippen LogP contribution in [0.2, 0.25) is 0 Å². The quantitative estimate of drug-likeness (QED) is 0.0301. The summed E-state index contributed by atoms with van der Waals surface area (Å²) >= 11 is 0. The zero-order chi connectivity index (χ0) is 54.6. The maximum Gasteiger partial charge on any atom is 0.235 e. The van der Waals surface area contributed by atoms with E-state index in [1.807, 2.05) is 0 Å². The molecule has 12 N–H and O–H groups in total. The molecule has 0 saturated carbocycles. The van der Waals surface area contributed by atoms with Crippen molar-refractivity contribution in [1.82, 2.24) is 38.5 Å². The summed E-state index contributed by atoms with van der Waals surface area (Å²) in [6, 6.07) is 7.67. The lowest BCUT2D eigenvalue weighted by Gasteiger charge is -2.30. The van der Waals surface area contributed by atoms with E-state index in [0.717, 1.165) is 36.0 Å². The summed E-state index contributed by atoms with van der Waals surface area (Å²) in [5, 5.41) is 30.1. The van der Waals surface area contributed by atoms with E-state index in [9.17, 15) is 67.9 Å². The Morgan fingerprint density at radius 1 is 0.542 bits per heavy atom. The Morgan fingerprint density at radius 3 is 1.35 bits per heavy atom. The fraction of sp³-hybridized carbons (Fsp3) is 0.595. The number of nitrogens with zero attached hydrogens (tertiary/aromatic N) is 4. The molecule has 2 aromatic carbocycles. The summed E-state index contributed by atoms with van der Waals surface area (Å²) < 4.78 is 107. The molecule has 0 saturated heterocycles. The zero-order valence-corrected chi connectivity index (χ0v) is 44.4. The topological polar surface area (TPSA) is 402 Å². The van der Waals surface area contributed by atoms with Crippen molar-refractivity contribution >= 4 is 69.6 Å². The van der Waals surface area contributed by atoms with Crippen molar-refractivity contribution in [3.8, 4) is 11.5 Å². The van der Waals surface area contributed by atoms with Gasteiger partial charge in [0.25, 0.3) is 0 Å². The van der Waals surface area contributed by atoms with E-state index in [1.165, 1.54) is 50.2 Å². The maximum atomic E-state index is 13.9. The summed E-state index contributed by atoms with van der Waals surface area (Å²) in [6.45, 7) is -2.38. The Kier molecular flexibility index (Phi) is 25.4. The van der Waals surface area contributed by atoms with E-state index in [-0.39, 0.29) is 50.4 Å². The normalized spacial score (nSPS) is 14.2. The van der Waals surface area contributed by atoms with Crippen LogP contribution >= 0.6 is 0 Å². The number of rotatable bonds is 34. The molecule has 0 spiro atoms. The van der Waals surface area contributed by atoms with Crippen molar-refractivity contribution in [2.24, 2.45) is 17.2 Å². The van der Waals surface area contributed by atoms with Crippen LogP contribution in [0.5, 0.6) is 11.5 Å². The molecule has 0 unspecified atom stereocenters. The molecular formula is C42H71N11O15S4. The van der Waals surface area contributed by atoms with Gasteiger partial charge in [0.2, 0.25) is 69.6 Å². The van der Waals surface area contributed by atoms with Gasteiger partial charge in [0.15, 0.2) is 0 Å². The van der Waals surface area contributed by atoms with Crippen LogP contribution in [-0.4, -0.2) is 205 Å². The minimum absolute atomic E-state index is 0.0169. The van der Waals surface area contributed by atoms with Crippen molar-refractivity contribution in [1.29, 1.82) is 0 Å². The minimum atomic E-state index is -4.27. The number of unbranched alkanes of at least 4 members (excludes halogenated alkanes) is 1. The second-order valence-corrected chi connectivity index (χ2v) is 25.5. The molecule has 0 fully saturated rings. The summed E-state index contributed by atoms with van der Waals surface area (Å²) in [5.74, 6) is -4.80. The van der Waals surface area contributed by atoms with Gasteiger partial charge >= 0.3 is 0 Å². The summed E-state index contributed by atoms with van der Waals surface area (Å²) in [4.78, 5) is 64.6. The molecule has 0 radical (unpaired) electrons. The first-order chi connectivity index (χ1) is 33.3. The average Bonchev–Trinajstić information content (AvgIpc) is 3.22. The molecule has 72 heavy (non-hydrogen) atoms. The number of benzene rings is 2. The lowest BCUT2D eigenvalue weighted by Crippen LogP contribution is -2.54. The molecule has 4 atom stereocenters. The number of sulfonamides is 4. The predicted octanol–water partition coefficient (Wildman–Crippen LogP) is -4.15. The number of nitrogens with two attached hydrogens (primary N) is 3. The van der Waals surface area contributed by atoms with Crippen molar-refractivity contribution < 1.29 is 67.9 Å². The number of aromatic hydroxyl groups is 2. The smallest absolute Gasteiger partial charge is 0.235 e. The number of carbonyl (C=O) groups excluding carboxylic acids is 5. The van der Waals surface area contributed by atoms with Crippen molar-refractivity contribution in [2.75, 3.05) is 90.0 Å². The second kappa shape index (κ2) is 29.0. The molecule has 0 aliphatic carbocycles. The van der Waals surface area contributed by atoms with Crippen molar-refractivity contribution in [3.05, 3.63) is 59.7 Å².